The summed E-state index contributed by atoms with van der Waals surface area (Å²) in [5.74, 6) is 0.849. The van der Waals surface area contributed by atoms with Crippen LogP contribution in [0.25, 0.3) is 11.0 Å². The molecule has 3 rings (SSSR count). The summed E-state index contributed by atoms with van der Waals surface area (Å²) < 4.78 is 0. The molecule has 0 aliphatic rings. The van der Waals surface area contributed by atoms with E-state index in [4.69, 9.17) is 34.8 Å². The van der Waals surface area contributed by atoms with Crippen LogP contribution in [0.3, 0.4) is 0 Å². The molecule has 2 nitrogen and oxygen atoms in total. The molecule has 0 aliphatic carbocycles. The fourth-order valence-electron chi connectivity index (χ4n) is 1.96. The Kier molecular flexibility index (Phi) is 3.40. The normalized spacial score (nSPS) is 11.1. The summed E-state index contributed by atoms with van der Waals surface area (Å²) in [5.41, 5.74) is 2.80. The van der Waals surface area contributed by atoms with E-state index in [1.807, 2.05) is 30.3 Å². The van der Waals surface area contributed by atoms with Crippen LogP contribution < -0.4 is 0 Å². The van der Waals surface area contributed by atoms with E-state index in [0.717, 1.165) is 22.4 Å². The van der Waals surface area contributed by atoms with Crippen LogP contribution in [0.1, 0.15) is 11.4 Å². The molecule has 0 radical (unpaired) electrons. The minimum Gasteiger partial charge on any atom is -0.342 e. The average Bonchev–Trinajstić information content (AvgIpc) is 2.74. The summed E-state index contributed by atoms with van der Waals surface area (Å²) in [7, 11) is 0. The lowest BCUT2D eigenvalue weighted by molar-refractivity contribution is 1.04. The smallest absolute Gasteiger partial charge is 0.111 e. The Labute approximate surface area is 125 Å². The molecule has 0 saturated carbocycles. The van der Waals surface area contributed by atoms with E-state index in [1.165, 1.54) is 0 Å². The van der Waals surface area contributed by atoms with Gasteiger partial charge >= 0.3 is 0 Å². The average molecular weight is 312 g/mol. The lowest BCUT2D eigenvalue weighted by Gasteiger charge is -2.02. The van der Waals surface area contributed by atoms with Gasteiger partial charge in [0, 0.05) is 21.5 Å². The van der Waals surface area contributed by atoms with Gasteiger partial charge in [0.15, 0.2) is 0 Å². The van der Waals surface area contributed by atoms with Gasteiger partial charge in [0.1, 0.15) is 5.82 Å². The number of aromatic nitrogens is 2. The highest BCUT2D eigenvalue weighted by molar-refractivity contribution is 6.35. The first kappa shape index (κ1) is 12.8. The minimum atomic E-state index is 0.627. The third-order valence-electron chi connectivity index (χ3n) is 2.87. The van der Waals surface area contributed by atoms with Crippen LogP contribution in [0.5, 0.6) is 0 Å². The SMILES string of the molecule is Clc1ccc(Cc2nc3ccc(Cl)cc3[nH]2)c(Cl)c1. The molecule has 1 N–H and O–H groups in total. The predicted molar refractivity (Wildman–Crippen MR) is 80.4 cm³/mol. The molecule has 2 aromatic carbocycles. The number of imidazole rings is 1. The molecule has 0 spiro atoms. The Bertz CT molecular complexity index is 750. The molecule has 0 aliphatic heterocycles. The quantitative estimate of drug-likeness (QED) is 0.699. The van der Waals surface area contributed by atoms with E-state index >= 15 is 0 Å². The maximum absolute atomic E-state index is 6.16. The molecule has 19 heavy (non-hydrogen) atoms. The molecule has 5 heteroatoms. The number of nitrogens with zero attached hydrogens (tertiary/aromatic N) is 1. The third kappa shape index (κ3) is 2.71. The van der Waals surface area contributed by atoms with Crippen molar-refractivity contribution in [2.24, 2.45) is 0 Å². The van der Waals surface area contributed by atoms with Gasteiger partial charge in [-0.25, -0.2) is 4.98 Å². The topological polar surface area (TPSA) is 28.7 Å². The zero-order valence-electron chi connectivity index (χ0n) is 9.75. The van der Waals surface area contributed by atoms with Crippen LogP contribution in [0.2, 0.25) is 15.1 Å². The molecule has 0 saturated heterocycles. The molecule has 0 amide bonds. The fourth-order valence-corrected chi connectivity index (χ4v) is 2.61. The van der Waals surface area contributed by atoms with Gasteiger partial charge in [-0.3, -0.25) is 0 Å². The largest absolute Gasteiger partial charge is 0.342 e. The van der Waals surface area contributed by atoms with E-state index < -0.39 is 0 Å². The number of halogens is 3. The third-order valence-corrected chi connectivity index (χ3v) is 3.69. The highest BCUT2D eigenvalue weighted by Crippen LogP contribution is 2.24. The molecule has 96 valence electrons. The standard InChI is InChI=1S/C14H9Cl3N2/c15-9-2-1-8(11(17)6-9)5-14-18-12-4-3-10(16)7-13(12)19-14/h1-4,6-7H,5H2,(H,18,19). The molecular formula is C14H9Cl3N2. The van der Waals surface area contributed by atoms with Gasteiger partial charge in [-0.2, -0.15) is 0 Å². The molecule has 0 atom stereocenters. The summed E-state index contributed by atoms with van der Waals surface area (Å²) >= 11 is 18.0. The predicted octanol–water partition coefficient (Wildman–Crippen LogP) is 5.11. The number of rotatable bonds is 2. The van der Waals surface area contributed by atoms with Gasteiger partial charge in [0.25, 0.3) is 0 Å². The monoisotopic (exact) mass is 310 g/mol. The Morgan fingerprint density at radius 3 is 2.47 bits per heavy atom. The zero-order valence-corrected chi connectivity index (χ0v) is 12.0. The Balaban J connectivity index is 1.96. The summed E-state index contributed by atoms with van der Waals surface area (Å²) in [4.78, 5) is 7.75. The molecule has 0 unspecified atom stereocenters. The minimum absolute atomic E-state index is 0.627. The lowest BCUT2D eigenvalue weighted by atomic mass is 10.1. The molecule has 1 aromatic heterocycles. The molecule has 0 fully saturated rings. The maximum atomic E-state index is 6.16. The van der Waals surface area contributed by atoms with Crippen LogP contribution >= 0.6 is 34.8 Å². The van der Waals surface area contributed by atoms with E-state index in [9.17, 15) is 0 Å². The van der Waals surface area contributed by atoms with Gasteiger partial charge in [-0.15, -0.1) is 0 Å². The first-order valence-corrected chi connectivity index (χ1v) is 6.83. The van der Waals surface area contributed by atoms with Crippen LogP contribution in [0.15, 0.2) is 36.4 Å². The van der Waals surface area contributed by atoms with E-state index in [-0.39, 0.29) is 0 Å². The van der Waals surface area contributed by atoms with Crippen molar-refractivity contribution in [2.75, 3.05) is 0 Å². The van der Waals surface area contributed by atoms with Crippen molar-refractivity contribution in [3.63, 3.8) is 0 Å². The van der Waals surface area contributed by atoms with Crippen LogP contribution in [0, 0.1) is 0 Å². The summed E-state index contributed by atoms with van der Waals surface area (Å²) in [6, 6.07) is 11.0. The Morgan fingerprint density at radius 2 is 1.68 bits per heavy atom. The van der Waals surface area contributed by atoms with Gasteiger partial charge in [-0.1, -0.05) is 40.9 Å². The molecule has 3 aromatic rings. The number of aromatic amines is 1. The fraction of sp³-hybridized carbons (Fsp3) is 0.0714. The van der Waals surface area contributed by atoms with Crippen molar-refractivity contribution in [1.82, 2.24) is 9.97 Å². The van der Waals surface area contributed by atoms with Crippen LogP contribution in [0.4, 0.5) is 0 Å². The highest BCUT2D eigenvalue weighted by Gasteiger charge is 2.07. The van der Waals surface area contributed by atoms with Crippen molar-refractivity contribution in [2.45, 2.75) is 6.42 Å². The maximum Gasteiger partial charge on any atom is 0.111 e. The summed E-state index contributed by atoms with van der Waals surface area (Å²) in [6.45, 7) is 0. The summed E-state index contributed by atoms with van der Waals surface area (Å²) in [6.07, 6.45) is 0.627. The van der Waals surface area contributed by atoms with Crippen LogP contribution in [-0.4, -0.2) is 9.97 Å². The van der Waals surface area contributed by atoms with Gasteiger partial charge < -0.3 is 4.98 Å². The van der Waals surface area contributed by atoms with Gasteiger partial charge in [0.2, 0.25) is 0 Å². The zero-order chi connectivity index (χ0) is 13.4. The van der Waals surface area contributed by atoms with Gasteiger partial charge in [0.05, 0.1) is 11.0 Å². The van der Waals surface area contributed by atoms with Crippen LogP contribution in [-0.2, 0) is 6.42 Å². The number of benzene rings is 2. The van der Waals surface area contributed by atoms with Crippen molar-refractivity contribution >= 4 is 45.8 Å². The number of H-pyrrole nitrogens is 1. The van der Waals surface area contributed by atoms with Crippen molar-refractivity contribution < 1.29 is 0 Å². The Morgan fingerprint density at radius 1 is 0.947 bits per heavy atom. The second-order valence-electron chi connectivity index (χ2n) is 4.26. The molecular weight excluding hydrogens is 303 g/mol. The van der Waals surface area contributed by atoms with Crippen molar-refractivity contribution in [1.29, 1.82) is 0 Å². The Hall–Kier alpha value is -1.22. The second-order valence-corrected chi connectivity index (χ2v) is 5.54. The summed E-state index contributed by atoms with van der Waals surface area (Å²) in [5, 5.41) is 1.96. The van der Waals surface area contributed by atoms with Crippen molar-refractivity contribution in [3.8, 4) is 0 Å². The van der Waals surface area contributed by atoms with Crippen molar-refractivity contribution in [3.05, 3.63) is 62.9 Å². The van der Waals surface area contributed by atoms with E-state index in [1.54, 1.807) is 6.07 Å². The van der Waals surface area contributed by atoms with E-state index in [2.05, 4.69) is 9.97 Å². The number of hydrogen-bond donors (Lipinski definition) is 1. The second kappa shape index (κ2) is 5.04. The first-order valence-electron chi connectivity index (χ1n) is 5.70. The first-order chi connectivity index (χ1) is 9.11. The highest BCUT2D eigenvalue weighted by atomic mass is 35.5. The van der Waals surface area contributed by atoms with Gasteiger partial charge in [-0.05, 0) is 35.9 Å². The number of fused-ring (bicyclic) bond motifs is 1. The lowest BCUT2D eigenvalue weighted by Crippen LogP contribution is -1.91. The van der Waals surface area contributed by atoms with E-state index in [0.29, 0.717) is 21.5 Å². The number of hydrogen-bond acceptors (Lipinski definition) is 1. The number of nitrogens with one attached hydrogen (secondary N) is 1. The molecule has 0 bridgehead atoms. The molecule has 1 heterocycles.